The van der Waals surface area contributed by atoms with E-state index in [1.165, 1.54) is 0 Å². The second kappa shape index (κ2) is 9.55. The number of methoxy groups -OCH3 is 1. The lowest BCUT2D eigenvalue weighted by Crippen LogP contribution is -2.20. The van der Waals surface area contributed by atoms with E-state index in [9.17, 15) is 4.79 Å². The van der Waals surface area contributed by atoms with Crippen molar-refractivity contribution in [3.8, 4) is 0 Å². The van der Waals surface area contributed by atoms with Gasteiger partial charge in [0.15, 0.2) is 0 Å². The number of hydrogen-bond acceptors (Lipinski definition) is 5. The summed E-state index contributed by atoms with van der Waals surface area (Å²) in [6, 6.07) is 4.86. The van der Waals surface area contributed by atoms with E-state index in [2.05, 4.69) is 5.32 Å². The second-order valence-electron chi connectivity index (χ2n) is 3.94. The summed E-state index contributed by atoms with van der Waals surface area (Å²) >= 11 is 5.77. The molecule has 1 amide bonds. The zero-order valence-corrected chi connectivity index (χ0v) is 12.1. The van der Waals surface area contributed by atoms with Crippen LogP contribution in [0.5, 0.6) is 0 Å². The van der Waals surface area contributed by atoms with Gasteiger partial charge < -0.3 is 25.3 Å². The Bertz CT molecular complexity index is 429. The Hall–Kier alpha value is -1.34. The van der Waals surface area contributed by atoms with Gasteiger partial charge in [-0.2, -0.15) is 0 Å². The van der Waals surface area contributed by atoms with E-state index < -0.39 is 0 Å². The van der Waals surface area contributed by atoms with Crippen molar-refractivity contribution in [3.63, 3.8) is 0 Å². The van der Waals surface area contributed by atoms with Gasteiger partial charge in [-0.05, 0) is 18.2 Å². The molecule has 0 atom stereocenters. The number of halogens is 1. The molecule has 1 aromatic rings. The fourth-order valence-electron chi connectivity index (χ4n) is 1.36. The highest BCUT2D eigenvalue weighted by Gasteiger charge is 2.05. The molecule has 0 aliphatic carbocycles. The molecule has 0 bridgehead atoms. The first-order valence-electron chi connectivity index (χ1n) is 6.12. The first kappa shape index (κ1) is 16.7. The number of ether oxygens (including phenoxy) is 3. The number of hydrogen-bond donors (Lipinski definition) is 2. The van der Waals surface area contributed by atoms with Crippen molar-refractivity contribution in [2.45, 2.75) is 0 Å². The molecule has 112 valence electrons. The monoisotopic (exact) mass is 302 g/mol. The number of benzene rings is 1. The summed E-state index contributed by atoms with van der Waals surface area (Å²) in [6.45, 7) is 1.74. The summed E-state index contributed by atoms with van der Waals surface area (Å²) in [4.78, 5) is 11.6. The number of carbonyl (C=O) groups excluding carboxylic acids is 1. The Morgan fingerprint density at radius 3 is 2.65 bits per heavy atom. The first-order chi connectivity index (χ1) is 9.63. The molecule has 1 aromatic carbocycles. The molecule has 0 spiro atoms. The van der Waals surface area contributed by atoms with Gasteiger partial charge in [0.1, 0.15) is 6.61 Å². The summed E-state index contributed by atoms with van der Waals surface area (Å²) in [5, 5.41) is 3.16. The fraction of sp³-hybridized carbons (Fsp3) is 0.462. The van der Waals surface area contributed by atoms with E-state index in [1.54, 1.807) is 25.3 Å². The van der Waals surface area contributed by atoms with Crippen LogP contribution >= 0.6 is 11.6 Å². The number of anilines is 2. The van der Waals surface area contributed by atoms with Gasteiger partial charge in [-0.3, -0.25) is 4.79 Å². The van der Waals surface area contributed by atoms with Crippen LogP contribution in [0.15, 0.2) is 18.2 Å². The number of rotatable bonds is 9. The first-order valence-corrected chi connectivity index (χ1v) is 6.50. The topological polar surface area (TPSA) is 82.8 Å². The van der Waals surface area contributed by atoms with E-state index in [0.29, 0.717) is 42.8 Å². The van der Waals surface area contributed by atoms with E-state index in [0.717, 1.165) is 0 Å². The molecule has 0 aliphatic heterocycles. The van der Waals surface area contributed by atoms with Crippen molar-refractivity contribution in [1.29, 1.82) is 0 Å². The van der Waals surface area contributed by atoms with Crippen LogP contribution in [0.3, 0.4) is 0 Å². The van der Waals surface area contributed by atoms with Crippen LogP contribution in [0, 0.1) is 0 Å². The Labute approximate surface area is 123 Å². The molecule has 0 unspecified atom stereocenters. The molecule has 3 N–H and O–H groups in total. The molecular weight excluding hydrogens is 284 g/mol. The zero-order valence-electron chi connectivity index (χ0n) is 11.4. The number of nitrogen functional groups attached to an aromatic ring is 1. The van der Waals surface area contributed by atoms with Crippen LogP contribution in [-0.2, 0) is 19.0 Å². The van der Waals surface area contributed by atoms with Crippen molar-refractivity contribution >= 4 is 28.9 Å². The zero-order chi connectivity index (χ0) is 14.8. The quantitative estimate of drug-likeness (QED) is 0.534. The fourth-order valence-corrected chi connectivity index (χ4v) is 1.54. The van der Waals surface area contributed by atoms with E-state index in [4.69, 9.17) is 31.5 Å². The molecule has 1 rings (SSSR count). The van der Waals surface area contributed by atoms with E-state index >= 15 is 0 Å². The molecule has 0 radical (unpaired) electrons. The maximum atomic E-state index is 11.6. The van der Waals surface area contributed by atoms with Gasteiger partial charge >= 0.3 is 0 Å². The average Bonchev–Trinajstić information content (AvgIpc) is 2.41. The van der Waals surface area contributed by atoms with Gasteiger partial charge in [0.05, 0.1) is 37.8 Å². The predicted molar refractivity (Wildman–Crippen MR) is 78.0 cm³/mol. The molecule has 20 heavy (non-hydrogen) atoms. The SMILES string of the molecule is COCCOCCOCC(=O)Nc1ccc(Cl)cc1N. The second-order valence-corrected chi connectivity index (χ2v) is 4.37. The summed E-state index contributed by atoms with van der Waals surface area (Å²) < 4.78 is 15.2. The van der Waals surface area contributed by atoms with Gasteiger partial charge in [0.2, 0.25) is 5.91 Å². The van der Waals surface area contributed by atoms with Gasteiger partial charge in [0, 0.05) is 12.1 Å². The molecule has 0 aliphatic rings. The lowest BCUT2D eigenvalue weighted by Gasteiger charge is -2.09. The lowest BCUT2D eigenvalue weighted by molar-refractivity contribution is -0.121. The van der Waals surface area contributed by atoms with Gasteiger partial charge in [-0.25, -0.2) is 0 Å². The summed E-state index contributed by atoms with van der Waals surface area (Å²) in [6.07, 6.45) is 0. The minimum absolute atomic E-state index is 0.0598. The number of carbonyl (C=O) groups is 1. The molecule has 0 saturated carbocycles. The van der Waals surface area contributed by atoms with Gasteiger partial charge in [-0.1, -0.05) is 11.6 Å². The molecule has 0 aromatic heterocycles. The summed E-state index contributed by atoms with van der Waals surface area (Å²) in [5.41, 5.74) is 6.64. The maximum Gasteiger partial charge on any atom is 0.250 e. The third-order valence-electron chi connectivity index (χ3n) is 2.32. The number of nitrogens with two attached hydrogens (primary N) is 1. The Morgan fingerprint density at radius 2 is 1.95 bits per heavy atom. The highest BCUT2D eigenvalue weighted by atomic mass is 35.5. The maximum absolute atomic E-state index is 11.6. The third kappa shape index (κ3) is 6.72. The number of nitrogens with one attached hydrogen (secondary N) is 1. The molecule has 0 saturated heterocycles. The van der Waals surface area contributed by atoms with Crippen LogP contribution < -0.4 is 11.1 Å². The molecule has 0 heterocycles. The van der Waals surface area contributed by atoms with Crippen molar-refractivity contribution in [3.05, 3.63) is 23.2 Å². The van der Waals surface area contributed by atoms with E-state index in [-0.39, 0.29) is 12.5 Å². The van der Waals surface area contributed by atoms with Crippen molar-refractivity contribution in [1.82, 2.24) is 0 Å². The molecular formula is C13H19ClN2O4. The van der Waals surface area contributed by atoms with Crippen LogP contribution in [0.2, 0.25) is 5.02 Å². The van der Waals surface area contributed by atoms with Crippen LogP contribution in [0.1, 0.15) is 0 Å². The lowest BCUT2D eigenvalue weighted by atomic mass is 10.2. The Morgan fingerprint density at radius 1 is 1.25 bits per heavy atom. The Balaban J connectivity index is 2.17. The largest absolute Gasteiger partial charge is 0.397 e. The summed E-state index contributed by atoms with van der Waals surface area (Å²) in [5.74, 6) is -0.282. The highest BCUT2D eigenvalue weighted by molar-refractivity contribution is 6.31. The van der Waals surface area contributed by atoms with Crippen molar-refractivity contribution in [2.75, 3.05) is 51.2 Å². The Kier molecular flexibility index (Phi) is 7.98. The third-order valence-corrected chi connectivity index (χ3v) is 2.56. The highest BCUT2D eigenvalue weighted by Crippen LogP contribution is 2.22. The molecule has 6 nitrogen and oxygen atoms in total. The van der Waals surface area contributed by atoms with Crippen molar-refractivity contribution in [2.24, 2.45) is 0 Å². The smallest absolute Gasteiger partial charge is 0.250 e. The van der Waals surface area contributed by atoms with Gasteiger partial charge in [0.25, 0.3) is 0 Å². The van der Waals surface area contributed by atoms with E-state index in [1.807, 2.05) is 0 Å². The predicted octanol–water partition coefficient (Wildman–Crippen LogP) is 1.54. The molecule has 0 fully saturated rings. The normalized spacial score (nSPS) is 10.5. The van der Waals surface area contributed by atoms with Crippen LogP contribution in [0.25, 0.3) is 0 Å². The standard InChI is InChI=1S/C13H19ClN2O4/c1-18-4-5-19-6-7-20-9-13(17)16-12-3-2-10(14)8-11(12)15/h2-3,8H,4-7,9,15H2,1H3,(H,16,17). The van der Waals surface area contributed by atoms with Crippen molar-refractivity contribution < 1.29 is 19.0 Å². The minimum atomic E-state index is -0.282. The molecule has 7 heteroatoms. The van der Waals surface area contributed by atoms with Gasteiger partial charge in [-0.15, -0.1) is 0 Å². The minimum Gasteiger partial charge on any atom is -0.397 e. The summed E-state index contributed by atoms with van der Waals surface area (Å²) in [7, 11) is 1.60. The number of amides is 1. The average molecular weight is 303 g/mol. The van der Waals surface area contributed by atoms with Crippen LogP contribution in [-0.4, -0.2) is 46.1 Å². The van der Waals surface area contributed by atoms with Crippen LogP contribution in [0.4, 0.5) is 11.4 Å².